The summed E-state index contributed by atoms with van der Waals surface area (Å²) in [6.45, 7) is 22.8. The Kier molecular flexibility index (Phi) is 10.0. The first-order valence-corrected chi connectivity index (χ1v) is 9.17. The average Bonchev–Trinajstić information content (AvgIpc) is 2.08. The van der Waals surface area contributed by atoms with Gasteiger partial charge in [-0.05, 0) is 6.92 Å². The molecule has 0 amide bonds. The van der Waals surface area contributed by atoms with Gasteiger partial charge in [-0.25, -0.2) is 4.79 Å². The standard InChI is InChI=1S/C4H6O2.3C4H9O.Ti/c1-3(2)4(5)6;3*1-4(2,3)5;/h1H2,2H3,(H,5,6);3*1-3H3;/q;3*-1;+3. The number of rotatable bonds is 4. The van der Waals surface area contributed by atoms with Crippen molar-refractivity contribution >= 4 is 5.97 Å². The molecule has 0 rings (SSSR count). The van der Waals surface area contributed by atoms with E-state index >= 15 is 0 Å². The molecular weight excluding hydrogens is 320 g/mol. The predicted octanol–water partition coefficient (Wildman–Crippen LogP) is 4.44. The van der Waals surface area contributed by atoms with Gasteiger partial charge in [0, 0.05) is 5.57 Å². The van der Waals surface area contributed by atoms with Gasteiger partial charge in [-0.2, -0.15) is 0 Å². The van der Waals surface area contributed by atoms with Crippen LogP contribution in [0.25, 0.3) is 0 Å². The third kappa shape index (κ3) is 19.8. The quantitative estimate of drug-likeness (QED) is 0.598. The normalized spacial score (nSPS) is 12.3. The molecule has 0 aliphatic carbocycles. The van der Waals surface area contributed by atoms with Gasteiger partial charge in [0.25, 0.3) is 0 Å². The fourth-order valence-corrected chi connectivity index (χ4v) is 3.35. The Morgan fingerprint density at radius 2 is 1.00 bits per heavy atom. The summed E-state index contributed by atoms with van der Waals surface area (Å²) >= 11 is -2.40. The van der Waals surface area contributed by atoms with E-state index in [4.69, 9.17) is 15.1 Å². The maximum atomic E-state index is 9.60. The van der Waals surface area contributed by atoms with Crippen molar-refractivity contribution in [2.24, 2.45) is 0 Å². The Morgan fingerprint density at radius 3 is 1.09 bits per heavy atom. The molecule has 6 heteroatoms. The molecule has 22 heavy (non-hydrogen) atoms. The summed E-state index contributed by atoms with van der Waals surface area (Å²) in [6, 6.07) is 0. The van der Waals surface area contributed by atoms with Crippen molar-refractivity contribution in [3.63, 3.8) is 0 Å². The first kappa shape index (κ1) is 24.1. The van der Waals surface area contributed by atoms with Crippen molar-refractivity contribution in [1.29, 1.82) is 0 Å². The first-order valence-electron chi connectivity index (χ1n) is 7.26. The van der Waals surface area contributed by atoms with Crippen molar-refractivity contribution in [1.82, 2.24) is 0 Å². The van der Waals surface area contributed by atoms with E-state index in [1.165, 1.54) is 6.92 Å². The van der Waals surface area contributed by atoms with E-state index in [0.29, 0.717) is 0 Å². The van der Waals surface area contributed by atoms with Crippen molar-refractivity contribution in [2.45, 2.75) is 86.0 Å². The molecule has 0 aromatic heterocycles. The molecule has 131 valence electrons. The summed E-state index contributed by atoms with van der Waals surface area (Å²) in [5.41, 5.74) is -0.473. The minimum absolute atomic E-state index is 0.176. The fourth-order valence-electron chi connectivity index (χ4n) is 0.812. The molecule has 0 aromatic rings. The van der Waals surface area contributed by atoms with Crippen LogP contribution in [0.2, 0.25) is 0 Å². The van der Waals surface area contributed by atoms with Crippen LogP contribution in [-0.2, 0) is 33.8 Å². The van der Waals surface area contributed by atoms with E-state index in [0.717, 1.165) is 0 Å². The van der Waals surface area contributed by atoms with Crippen molar-refractivity contribution < 1.29 is 38.9 Å². The average molecular weight is 353 g/mol. The molecule has 0 saturated carbocycles. The molecule has 0 spiro atoms. The topological polar surface area (TPSA) is 65.0 Å². The van der Waals surface area contributed by atoms with Crippen molar-refractivity contribution in [2.75, 3.05) is 0 Å². The van der Waals surface area contributed by atoms with Gasteiger partial charge in [-0.3, -0.25) is 0 Å². The van der Waals surface area contributed by atoms with Crippen LogP contribution in [-0.4, -0.2) is 27.9 Å². The van der Waals surface area contributed by atoms with Crippen LogP contribution in [0.5, 0.6) is 0 Å². The molecule has 0 radical (unpaired) electrons. The summed E-state index contributed by atoms with van der Waals surface area (Å²) < 4.78 is 17.7. The summed E-state index contributed by atoms with van der Waals surface area (Å²) in [7, 11) is 0. The number of hydrogen-bond acceptors (Lipinski definition) is 4. The van der Waals surface area contributed by atoms with Crippen LogP contribution in [0.15, 0.2) is 12.2 Å². The second-order valence-electron chi connectivity index (χ2n) is 7.98. The van der Waals surface area contributed by atoms with Gasteiger partial charge >= 0.3 is 114 Å². The summed E-state index contributed by atoms with van der Waals surface area (Å²) in [5.74, 6) is -0.935. The SMILES string of the molecule is C=C(C)C(=O)O.CC(C)(C)[O][Ti]([O]C(C)(C)C)[O]C(C)(C)C. The third-order valence-electron chi connectivity index (χ3n) is 1.53. The zero-order valence-electron chi connectivity index (χ0n) is 15.8. The molecule has 0 unspecified atom stereocenters. The predicted molar refractivity (Wildman–Crippen MR) is 85.0 cm³/mol. The van der Waals surface area contributed by atoms with E-state index < -0.39 is 25.0 Å². The van der Waals surface area contributed by atoms with Crippen LogP contribution in [0, 0.1) is 0 Å². The van der Waals surface area contributed by atoms with Crippen LogP contribution in [0.1, 0.15) is 69.2 Å². The Bertz CT molecular complexity index is 308. The Hall–Kier alpha value is -0.196. The van der Waals surface area contributed by atoms with Gasteiger partial charge in [0.2, 0.25) is 0 Å². The molecule has 0 saturated heterocycles. The van der Waals surface area contributed by atoms with E-state index in [-0.39, 0.29) is 22.4 Å². The second-order valence-corrected chi connectivity index (χ2v) is 9.72. The van der Waals surface area contributed by atoms with E-state index in [9.17, 15) is 4.79 Å². The number of aliphatic carboxylic acids is 1. The van der Waals surface area contributed by atoms with E-state index in [1.807, 2.05) is 62.3 Å². The Morgan fingerprint density at radius 1 is 0.818 bits per heavy atom. The molecule has 0 aromatic carbocycles. The minimum atomic E-state index is -2.40. The molecule has 1 N–H and O–H groups in total. The molecule has 0 aliphatic rings. The van der Waals surface area contributed by atoms with Crippen LogP contribution in [0.4, 0.5) is 0 Å². The number of carbonyl (C=O) groups is 1. The number of hydrogen-bond donors (Lipinski definition) is 1. The number of carboxylic acid groups (broad SMARTS) is 1. The monoisotopic (exact) mass is 353 g/mol. The van der Waals surface area contributed by atoms with Gasteiger partial charge in [0.1, 0.15) is 0 Å². The summed E-state index contributed by atoms with van der Waals surface area (Å²) in [6.07, 6.45) is 0. The number of carboxylic acids is 1. The van der Waals surface area contributed by atoms with Crippen molar-refractivity contribution in [3.05, 3.63) is 12.2 Å². The second kappa shape index (κ2) is 9.19. The molecule has 0 aliphatic heterocycles. The summed E-state index contributed by atoms with van der Waals surface area (Å²) in [4.78, 5) is 9.60. The Labute approximate surface area is 143 Å². The van der Waals surface area contributed by atoms with Gasteiger partial charge < -0.3 is 5.11 Å². The third-order valence-corrected chi connectivity index (χ3v) is 5.18. The fraction of sp³-hybridized carbons (Fsp3) is 0.812. The first-order chi connectivity index (χ1) is 9.43. The van der Waals surface area contributed by atoms with Crippen molar-refractivity contribution in [3.8, 4) is 0 Å². The van der Waals surface area contributed by atoms with Gasteiger partial charge in [0.15, 0.2) is 0 Å². The molecule has 0 atom stereocenters. The van der Waals surface area contributed by atoms with E-state index in [1.54, 1.807) is 0 Å². The molecule has 0 fully saturated rings. The Balaban J connectivity index is 0. The molecule has 0 heterocycles. The van der Waals surface area contributed by atoms with Gasteiger partial charge in [-0.15, -0.1) is 0 Å². The zero-order chi connectivity index (χ0) is 18.4. The molecule has 0 bridgehead atoms. The molecular formula is C16H33O5Ti. The molecule has 5 nitrogen and oxygen atoms in total. The summed E-state index contributed by atoms with van der Waals surface area (Å²) in [5, 5.41) is 7.89. The zero-order valence-corrected chi connectivity index (χ0v) is 17.3. The van der Waals surface area contributed by atoms with Crippen LogP contribution >= 0.6 is 0 Å². The maximum absolute atomic E-state index is 9.60. The van der Waals surface area contributed by atoms with Gasteiger partial charge in [-0.1, -0.05) is 6.58 Å². The van der Waals surface area contributed by atoms with Crippen LogP contribution in [0.3, 0.4) is 0 Å². The van der Waals surface area contributed by atoms with Gasteiger partial charge in [0.05, 0.1) is 0 Å². The van der Waals surface area contributed by atoms with E-state index in [2.05, 4.69) is 6.58 Å². The van der Waals surface area contributed by atoms with Crippen LogP contribution < -0.4 is 0 Å².